The Kier molecular flexibility index (Phi) is 5.17. The number of nitrogens with two attached hydrogens (primary N) is 1. The number of amides is 1. The highest BCUT2D eigenvalue weighted by atomic mass is 32.1. The molecule has 1 aliphatic rings. The fraction of sp³-hybridized carbons (Fsp3) is 0.500. The Morgan fingerprint density at radius 1 is 1.33 bits per heavy atom. The topological polar surface area (TPSA) is 58.4 Å². The second kappa shape index (κ2) is 6.89. The molecule has 1 amide bonds. The number of benzene rings is 1. The molecule has 1 atom stereocenters. The molecule has 4 nitrogen and oxygen atoms in total. The quantitative estimate of drug-likeness (QED) is 0.839. The average molecular weight is 305 g/mol. The summed E-state index contributed by atoms with van der Waals surface area (Å²) < 4.78 is 0. The molecule has 1 aromatic carbocycles. The number of nitrogens with one attached hydrogen (secondary N) is 1. The summed E-state index contributed by atoms with van der Waals surface area (Å²) in [5, 5.41) is 3.26. The van der Waals surface area contributed by atoms with E-state index in [0.717, 1.165) is 42.7 Å². The molecule has 1 saturated heterocycles. The second-order valence-electron chi connectivity index (χ2n) is 5.67. The highest BCUT2D eigenvalue weighted by Gasteiger charge is 2.22. The minimum absolute atomic E-state index is 0.143. The molecule has 3 N–H and O–H groups in total. The molecule has 21 heavy (non-hydrogen) atoms. The molecular weight excluding hydrogens is 282 g/mol. The van der Waals surface area contributed by atoms with Crippen LogP contribution in [-0.2, 0) is 4.79 Å². The molecule has 1 aromatic rings. The zero-order chi connectivity index (χ0) is 15.4. The van der Waals surface area contributed by atoms with Gasteiger partial charge in [0, 0.05) is 24.3 Å². The molecule has 2 rings (SSSR count). The first-order valence-electron chi connectivity index (χ1n) is 7.45. The molecule has 0 aromatic heterocycles. The normalized spacial score (nSPS) is 16.4. The van der Waals surface area contributed by atoms with Gasteiger partial charge < -0.3 is 16.0 Å². The zero-order valence-corrected chi connectivity index (χ0v) is 13.5. The summed E-state index contributed by atoms with van der Waals surface area (Å²) in [7, 11) is 0. The molecule has 0 spiro atoms. The summed E-state index contributed by atoms with van der Waals surface area (Å²) in [6.07, 6.45) is 3.41. The third kappa shape index (κ3) is 3.94. The summed E-state index contributed by atoms with van der Waals surface area (Å²) in [6.45, 7) is 5.61. The maximum atomic E-state index is 12.4. The third-order valence-corrected chi connectivity index (χ3v) is 4.07. The van der Waals surface area contributed by atoms with Gasteiger partial charge >= 0.3 is 0 Å². The van der Waals surface area contributed by atoms with Gasteiger partial charge in [-0.3, -0.25) is 4.79 Å². The standard InChI is InChI=1S/C16H23N3OS/c1-11-6-7-14(13(10-11)15(17)21)18-12(2)16(20)19-8-4-3-5-9-19/h6-7,10,12,18H,3-5,8-9H2,1-2H3,(H2,17,21). The smallest absolute Gasteiger partial charge is 0.244 e. The van der Waals surface area contributed by atoms with E-state index in [2.05, 4.69) is 5.32 Å². The summed E-state index contributed by atoms with van der Waals surface area (Å²) in [5.74, 6) is 0.143. The fourth-order valence-corrected chi connectivity index (χ4v) is 2.84. The van der Waals surface area contributed by atoms with Crippen LogP contribution in [0.2, 0.25) is 0 Å². The maximum absolute atomic E-state index is 12.4. The second-order valence-corrected chi connectivity index (χ2v) is 6.11. The van der Waals surface area contributed by atoms with Crippen molar-refractivity contribution in [3.8, 4) is 0 Å². The summed E-state index contributed by atoms with van der Waals surface area (Å²) in [4.78, 5) is 14.7. The van der Waals surface area contributed by atoms with Crippen LogP contribution in [0.5, 0.6) is 0 Å². The molecular formula is C16H23N3OS. The van der Waals surface area contributed by atoms with Crippen LogP contribution < -0.4 is 11.1 Å². The van der Waals surface area contributed by atoms with Gasteiger partial charge in [-0.25, -0.2) is 0 Å². The molecule has 1 unspecified atom stereocenters. The van der Waals surface area contributed by atoms with E-state index in [9.17, 15) is 4.79 Å². The van der Waals surface area contributed by atoms with Gasteiger partial charge in [0.1, 0.15) is 11.0 Å². The zero-order valence-electron chi connectivity index (χ0n) is 12.7. The van der Waals surface area contributed by atoms with E-state index in [4.69, 9.17) is 18.0 Å². The summed E-state index contributed by atoms with van der Waals surface area (Å²) in [5.41, 5.74) is 8.49. The van der Waals surface area contributed by atoms with Crippen molar-refractivity contribution in [2.45, 2.75) is 39.2 Å². The molecule has 5 heteroatoms. The van der Waals surface area contributed by atoms with E-state index in [1.807, 2.05) is 36.9 Å². The van der Waals surface area contributed by atoms with Crippen LogP contribution >= 0.6 is 12.2 Å². The van der Waals surface area contributed by atoms with Crippen molar-refractivity contribution in [1.82, 2.24) is 4.90 Å². The molecule has 0 radical (unpaired) electrons. The van der Waals surface area contributed by atoms with E-state index in [1.54, 1.807) is 0 Å². The Balaban J connectivity index is 2.10. The lowest BCUT2D eigenvalue weighted by Crippen LogP contribution is -2.44. The van der Waals surface area contributed by atoms with Gasteiger partial charge in [0.25, 0.3) is 0 Å². The largest absolute Gasteiger partial charge is 0.389 e. The van der Waals surface area contributed by atoms with Crippen LogP contribution in [-0.4, -0.2) is 34.9 Å². The number of hydrogen-bond acceptors (Lipinski definition) is 3. The van der Waals surface area contributed by atoms with Crippen molar-refractivity contribution >= 4 is 28.8 Å². The summed E-state index contributed by atoms with van der Waals surface area (Å²) >= 11 is 5.10. The predicted molar refractivity (Wildman–Crippen MR) is 90.6 cm³/mol. The third-order valence-electron chi connectivity index (χ3n) is 3.85. The highest BCUT2D eigenvalue weighted by molar-refractivity contribution is 7.80. The number of hydrogen-bond donors (Lipinski definition) is 2. The SMILES string of the molecule is Cc1ccc(NC(C)C(=O)N2CCCCC2)c(C(N)=S)c1. The van der Waals surface area contributed by atoms with Gasteiger partial charge in [-0.2, -0.15) is 0 Å². The number of rotatable bonds is 4. The van der Waals surface area contributed by atoms with Crippen LogP contribution in [0, 0.1) is 6.92 Å². The predicted octanol–water partition coefficient (Wildman–Crippen LogP) is 2.44. The minimum Gasteiger partial charge on any atom is -0.389 e. The lowest BCUT2D eigenvalue weighted by Gasteiger charge is -2.30. The van der Waals surface area contributed by atoms with Crippen LogP contribution in [0.1, 0.15) is 37.3 Å². The van der Waals surface area contributed by atoms with Gasteiger partial charge in [-0.05, 0) is 45.2 Å². The highest BCUT2D eigenvalue weighted by Crippen LogP contribution is 2.19. The molecule has 1 heterocycles. The Morgan fingerprint density at radius 2 is 2.00 bits per heavy atom. The van der Waals surface area contributed by atoms with Crippen LogP contribution in [0.25, 0.3) is 0 Å². The molecule has 1 aliphatic heterocycles. The van der Waals surface area contributed by atoms with Crippen LogP contribution in [0.4, 0.5) is 5.69 Å². The number of carbonyl (C=O) groups excluding carboxylic acids is 1. The average Bonchev–Trinajstić information content (AvgIpc) is 2.49. The molecule has 0 aliphatic carbocycles. The minimum atomic E-state index is -0.279. The van der Waals surface area contributed by atoms with Gasteiger partial charge in [0.15, 0.2) is 0 Å². The monoisotopic (exact) mass is 305 g/mol. The lowest BCUT2D eigenvalue weighted by atomic mass is 10.1. The van der Waals surface area contributed by atoms with E-state index < -0.39 is 0 Å². The van der Waals surface area contributed by atoms with E-state index in [-0.39, 0.29) is 11.9 Å². The maximum Gasteiger partial charge on any atom is 0.244 e. The van der Waals surface area contributed by atoms with Gasteiger partial charge in [0.2, 0.25) is 5.91 Å². The van der Waals surface area contributed by atoms with E-state index >= 15 is 0 Å². The van der Waals surface area contributed by atoms with Gasteiger partial charge in [-0.1, -0.05) is 23.8 Å². The first kappa shape index (κ1) is 15.8. The Labute approximate surface area is 131 Å². The first-order chi connectivity index (χ1) is 9.99. The fourth-order valence-electron chi connectivity index (χ4n) is 2.67. The Bertz CT molecular complexity index is 538. The molecule has 0 saturated carbocycles. The van der Waals surface area contributed by atoms with Crippen molar-refractivity contribution in [3.63, 3.8) is 0 Å². The van der Waals surface area contributed by atoms with Crippen molar-refractivity contribution in [2.24, 2.45) is 5.73 Å². The van der Waals surface area contributed by atoms with Crippen molar-refractivity contribution in [1.29, 1.82) is 0 Å². The van der Waals surface area contributed by atoms with Crippen molar-refractivity contribution in [3.05, 3.63) is 29.3 Å². The van der Waals surface area contributed by atoms with Crippen LogP contribution in [0.15, 0.2) is 18.2 Å². The molecule has 0 bridgehead atoms. The van der Waals surface area contributed by atoms with E-state index in [1.165, 1.54) is 6.42 Å². The summed E-state index contributed by atoms with van der Waals surface area (Å²) in [6, 6.07) is 5.59. The number of anilines is 1. The lowest BCUT2D eigenvalue weighted by molar-refractivity contribution is -0.132. The number of piperidine rings is 1. The number of carbonyl (C=O) groups is 1. The van der Waals surface area contributed by atoms with Crippen molar-refractivity contribution in [2.75, 3.05) is 18.4 Å². The number of nitrogens with zero attached hydrogens (tertiary/aromatic N) is 1. The molecule has 114 valence electrons. The van der Waals surface area contributed by atoms with Gasteiger partial charge in [-0.15, -0.1) is 0 Å². The van der Waals surface area contributed by atoms with Crippen LogP contribution in [0.3, 0.4) is 0 Å². The number of thiocarbonyl (C=S) groups is 1. The molecule has 1 fully saturated rings. The first-order valence-corrected chi connectivity index (χ1v) is 7.85. The Morgan fingerprint density at radius 3 is 2.62 bits per heavy atom. The number of aryl methyl sites for hydroxylation is 1. The van der Waals surface area contributed by atoms with E-state index in [0.29, 0.717) is 4.99 Å². The Hall–Kier alpha value is -1.62. The number of likely N-dealkylation sites (tertiary alicyclic amines) is 1. The van der Waals surface area contributed by atoms with Gasteiger partial charge in [0.05, 0.1) is 0 Å². The van der Waals surface area contributed by atoms with Crippen molar-refractivity contribution < 1.29 is 4.79 Å².